The quantitative estimate of drug-likeness (QED) is 0.788. The largest absolute Gasteiger partial charge is 0.325 e. The fourth-order valence-corrected chi connectivity index (χ4v) is 3.54. The predicted octanol–water partition coefficient (Wildman–Crippen LogP) is 3.58. The lowest BCUT2D eigenvalue weighted by Gasteiger charge is -2.31. The number of rotatable bonds is 8. The molecular weight excluding hydrogens is 324 g/mol. The van der Waals surface area contributed by atoms with Crippen LogP contribution in [0.15, 0.2) is 42.7 Å². The van der Waals surface area contributed by atoms with Crippen LogP contribution in [0.5, 0.6) is 0 Å². The lowest BCUT2D eigenvalue weighted by atomic mass is 9.97. The average Bonchev–Trinajstić information content (AvgIpc) is 3.16. The molecule has 0 aliphatic carbocycles. The van der Waals surface area contributed by atoms with Crippen molar-refractivity contribution in [2.24, 2.45) is 5.92 Å². The number of benzene rings is 1. The maximum absolute atomic E-state index is 12.3. The molecular formula is C21H30N4O. The van der Waals surface area contributed by atoms with Crippen molar-refractivity contribution < 1.29 is 4.79 Å². The Hall–Kier alpha value is -2.14. The van der Waals surface area contributed by atoms with E-state index in [1.54, 1.807) is 0 Å². The SMILES string of the molecule is CCCCc1ccc(NC(=O)CN2CCC(Cn3cccn3)CC2)cc1. The monoisotopic (exact) mass is 354 g/mol. The third-order valence-corrected chi connectivity index (χ3v) is 5.14. The van der Waals surface area contributed by atoms with Crippen molar-refractivity contribution in [2.75, 3.05) is 25.0 Å². The van der Waals surface area contributed by atoms with Crippen molar-refractivity contribution >= 4 is 11.6 Å². The molecule has 140 valence electrons. The van der Waals surface area contributed by atoms with Gasteiger partial charge in [-0.1, -0.05) is 25.5 Å². The van der Waals surface area contributed by atoms with Gasteiger partial charge in [-0.15, -0.1) is 0 Å². The summed E-state index contributed by atoms with van der Waals surface area (Å²) >= 11 is 0. The van der Waals surface area contributed by atoms with Crippen molar-refractivity contribution in [3.05, 3.63) is 48.3 Å². The number of carbonyl (C=O) groups is 1. The molecule has 1 fully saturated rings. The number of carbonyl (C=O) groups excluding carboxylic acids is 1. The molecule has 1 amide bonds. The molecule has 1 aliphatic rings. The van der Waals surface area contributed by atoms with E-state index in [2.05, 4.69) is 34.4 Å². The summed E-state index contributed by atoms with van der Waals surface area (Å²) in [5, 5.41) is 7.31. The molecule has 0 saturated carbocycles. The van der Waals surface area contributed by atoms with Crippen LogP contribution in [0.1, 0.15) is 38.2 Å². The molecule has 26 heavy (non-hydrogen) atoms. The average molecular weight is 354 g/mol. The van der Waals surface area contributed by atoms with Crippen LogP contribution in [0.25, 0.3) is 0 Å². The topological polar surface area (TPSA) is 50.2 Å². The molecule has 5 heteroatoms. The smallest absolute Gasteiger partial charge is 0.238 e. The maximum Gasteiger partial charge on any atom is 0.238 e. The number of anilines is 1. The van der Waals surface area contributed by atoms with Crippen LogP contribution < -0.4 is 5.32 Å². The van der Waals surface area contributed by atoms with Gasteiger partial charge in [0.2, 0.25) is 5.91 Å². The number of piperidine rings is 1. The Labute approximate surface area is 156 Å². The number of amides is 1. The summed E-state index contributed by atoms with van der Waals surface area (Å²) < 4.78 is 2.01. The number of aromatic nitrogens is 2. The van der Waals surface area contributed by atoms with E-state index < -0.39 is 0 Å². The molecule has 1 aliphatic heterocycles. The summed E-state index contributed by atoms with van der Waals surface area (Å²) in [4.78, 5) is 14.6. The van der Waals surface area contributed by atoms with Crippen LogP contribution >= 0.6 is 0 Å². The van der Waals surface area contributed by atoms with Gasteiger partial charge in [0.05, 0.1) is 6.54 Å². The first-order valence-corrected chi connectivity index (χ1v) is 9.81. The molecule has 0 bridgehead atoms. The third-order valence-electron chi connectivity index (χ3n) is 5.14. The summed E-state index contributed by atoms with van der Waals surface area (Å²) in [6, 6.07) is 10.2. The van der Waals surface area contributed by atoms with Gasteiger partial charge >= 0.3 is 0 Å². The number of hydrogen-bond donors (Lipinski definition) is 1. The highest BCUT2D eigenvalue weighted by molar-refractivity contribution is 5.92. The van der Waals surface area contributed by atoms with Crippen LogP contribution in [0.2, 0.25) is 0 Å². The van der Waals surface area contributed by atoms with Gasteiger partial charge < -0.3 is 5.32 Å². The zero-order valence-electron chi connectivity index (χ0n) is 15.7. The molecule has 5 nitrogen and oxygen atoms in total. The summed E-state index contributed by atoms with van der Waals surface area (Å²) in [5.41, 5.74) is 2.23. The molecule has 0 radical (unpaired) electrons. The highest BCUT2D eigenvalue weighted by atomic mass is 16.2. The minimum Gasteiger partial charge on any atom is -0.325 e. The number of aryl methyl sites for hydroxylation is 1. The molecule has 0 atom stereocenters. The van der Waals surface area contributed by atoms with Gasteiger partial charge in [0.15, 0.2) is 0 Å². The second kappa shape index (κ2) is 9.53. The van der Waals surface area contributed by atoms with Crippen molar-refractivity contribution in [1.82, 2.24) is 14.7 Å². The lowest BCUT2D eigenvalue weighted by molar-refractivity contribution is -0.117. The standard InChI is InChI=1S/C21H30N4O/c1-2-3-5-18-6-8-20(9-7-18)23-21(26)17-24-14-10-19(11-15-24)16-25-13-4-12-22-25/h4,6-9,12-13,19H,2-3,5,10-11,14-17H2,1H3,(H,23,26). The molecule has 1 aromatic heterocycles. The van der Waals surface area contributed by atoms with Crippen LogP contribution in [0.4, 0.5) is 5.69 Å². The van der Waals surface area contributed by atoms with E-state index in [4.69, 9.17) is 0 Å². The first-order chi connectivity index (χ1) is 12.7. The van der Waals surface area contributed by atoms with Crippen molar-refractivity contribution in [1.29, 1.82) is 0 Å². The Balaban J connectivity index is 1.38. The number of hydrogen-bond acceptors (Lipinski definition) is 3. The Morgan fingerprint density at radius 1 is 1.23 bits per heavy atom. The van der Waals surface area contributed by atoms with Crippen LogP contribution in [-0.2, 0) is 17.8 Å². The second-order valence-electron chi connectivity index (χ2n) is 7.30. The van der Waals surface area contributed by atoms with E-state index in [0.717, 1.165) is 44.6 Å². The molecule has 1 aromatic carbocycles. The third kappa shape index (κ3) is 5.70. The second-order valence-corrected chi connectivity index (χ2v) is 7.30. The van der Waals surface area contributed by atoms with Gasteiger partial charge in [0.25, 0.3) is 0 Å². The zero-order valence-corrected chi connectivity index (χ0v) is 15.7. The normalized spacial score (nSPS) is 15.9. The molecule has 1 N–H and O–H groups in total. The number of likely N-dealkylation sites (tertiary alicyclic amines) is 1. The predicted molar refractivity (Wildman–Crippen MR) is 105 cm³/mol. The Morgan fingerprint density at radius 2 is 2.00 bits per heavy atom. The summed E-state index contributed by atoms with van der Waals surface area (Å²) in [6.45, 7) is 5.63. The Bertz CT molecular complexity index is 658. The molecule has 1 saturated heterocycles. The van der Waals surface area contributed by atoms with E-state index in [-0.39, 0.29) is 5.91 Å². The minimum atomic E-state index is 0.0804. The van der Waals surface area contributed by atoms with E-state index in [9.17, 15) is 4.79 Å². The van der Waals surface area contributed by atoms with Gasteiger partial charge in [-0.25, -0.2) is 0 Å². The number of unbranched alkanes of at least 4 members (excludes halogenated alkanes) is 1. The van der Waals surface area contributed by atoms with Gasteiger partial charge in [0, 0.05) is 24.6 Å². The van der Waals surface area contributed by atoms with Gasteiger partial charge in [-0.3, -0.25) is 14.4 Å². The molecule has 3 rings (SSSR count). The first kappa shape index (κ1) is 18.6. The van der Waals surface area contributed by atoms with Gasteiger partial charge in [-0.05, 0) is 68.5 Å². The van der Waals surface area contributed by atoms with E-state index in [0.29, 0.717) is 12.5 Å². The summed E-state index contributed by atoms with van der Waals surface area (Å²) in [6.07, 6.45) is 9.62. The highest BCUT2D eigenvalue weighted by Gasteiger charge is 2.21. The van der Waals surface area contributed by atoms with Crippen molar-refractivity contribution in [2.45, 2.75) is 45.6 Å². The molecule has 2 aromatic rings. The fraction of sp³-hybridized carbons (Fsp3) is 0.524. The van der Waals surface area contributed by atoms with Crippen molar-refractivity contribution in [3.63, 3.8) is 0 Å². The van der Waals surface area contributed by atoms with Gasteiger partial charge in [-0.2, -0.15) is 5.10 Å². The Morgan fingerprint density at radius 3 is 2.65 bits per heavy atom. The number of nitrogens with one attached hydrogen (secondary N) is 1. The highest BCUT2D eigenvalue weighted by Crippen LogP contribution is 2.19. The molecule has 0 unspecified atom stereocenters. The fourth-order valence-electron chi connectivity index (χ4n) is 3.54. The van der Waals surface area contributed by atoms with Crippen LogP contribution in [0, 0.1) is 5.92 Å². The maximum atomic E-state index is 12.3. The minimum absolute atomic E-state index is 0.0804. The lowest BCUT2D eigenvalue weighted by Crippen LogP contribution is -2.40. The van der Waals surface area contributed by atoms with Gasteiger partial charge in [0.1, 0.15) is 0 Å². The van der Waals surface area contributed by atoms with Crippen molar-refractivity contribution in [3.8, 4) is 0 Å². The van der Waals surface area contributed by atoms with E-state index in [1.807, 2.05) is 35.3 Å². The number of nitrogens with zero attached hydrogens (tertiary/aromatic N) is 3. The summed E-state index contributed by atoms with van der Waals surface area (Å²) in [7, 11) is 0. The molecule has 2 heterocycles. The summed E-state index contributed by atoms with van der Waals surface area (Å²) in [5.74, 6) is 0.738. The van der Waals surface area contributed by atoms with Crippen LogP contribution in [0.3, 0.4) is 0 Å². The molecule has 0 spiro atoms. The zero-order chi connectivity index (χ0) is 18.2. The van der Waals surface area contributed by atoms with E-state index >= 15 is 0 Å². The van der Waals surface area contributed by atoms with E-state index in [1.165, 1.54) is 18.4 Å². The first-order valence-electron chi connectivity index (χ1n) is 9.81. The Kier molecular flexibility index (Phi) is 6.83. The van der Waals surface area contributed by atoms with Crippen LogP contribution in [-0.4, -0.2) is 40.2 Å².